The second kappa shape index (κ2) is 6.33. The van der Waals surface area contributed by atoms with Crippen molar-refractivity contribution in [2.45, 2.75) is 12.1 Å². The van der Waals surface area contributed by atoms with E-state index in [1.165, 1.54) is 23.9 Å². The highest BCUT2D eigenvalue weighted by Crippen LogP contribution is 2.15. The molecule has 0 atom stereocenters. The van der Waals surface area contributed by atoms with Crippen LogP contribution in [-0.4, -0.2) is 20.9 Å². The Morgan fingerprint density at radius 3 is 2.79 bits per heavy atom. The Morgan fingerprint density at radius 2 is 2.11 bits per heavy atom. The third kappa shape index (κ3) is 4.37. The van der Waals surface area contributed by atoms with Crippen molar-refractivity contribution in [3.05, 3.63) is 53.6 Å². The van der Waals surface area contributed by atoms with Crippen LogP contribution < -0.4 is 0 Å². The number of aromatic amines is 1. The Kier molecular flexibility index (Phi) is 4.52. The average molecular weight is 275 g/mol. The van der Waals surface area contributed by atoms with Crippen LogP contribution in [0.5, 0.6) is 0 Å². The van der Waals surface area contributed by atoms with Crippen molar-refractivity contribution in [3.63, 3.8) is 0 Å². The summed E-state index contributed by atoms with van der Waals surface area (Å²) in [4.78, 5) is 4.31. The zero-order valence-electron chi connectivity index (χ0n) is 10.6. The highest BCUT2D eigenvalue weighted by Gasteiger charge is 2.01. The van der Waals surface area contributed by atoms with Crippen molar-refractivity contribution in [3.8, 4) is 0 Å². The van der Waals surface area contributed by atoms with Gasteiger partial charge in [-0.25, -0.2) is 9.37 Å². The first kappa shape index (κ1) is 13.5. The third-order valence-electron chi connectivity index (χ3n) is 2.23. The lowest BCUT2D eigenvalue weighted by Crippen LogP contribution is -1.81. The Balaban J connectivity index is 1.99. The van der Waals surface area contributed by atoms with Gasteiger partial charge in [0.25, 0.3) is 0 Å². The second-order valence-corrected chi connectivity index (χ2v) is 5.08. The van der Waals surface area contributed by atoms with E-state index in [2.05, 4.69) is 21.8 Å². The van der Waals surface area contributed by atoms with Crippen LogP contribution in [0, 0.1) is 5.82 Å². The van der Waals surface area contributed by atoms with Crippen molar-refractivity contribution in [2.24, 2.45) is 0 Å². The molecular formula is C14H14FN3S. The van der Waals surface area contributed by atoms with E-state index in [1.807, 2.05) is 19.1 Å². The van der Waals surface area contributed by atoms with Crippen molar-refractivity contribution in [2.75, 3.05) is 5.75 Å². The number of H-pyrrole nitrogens is 1. The summed E-state index contributed by atoms with van der Waals surface area (Å²) in [6.45, 7) is 5.80. The standard InChI is InChI=1S/C14H14FN3S/c1-10(2)9-19-14-16-13(17-18-14)8-5-11-3-6-12(15)7-4-11/h3-8H,1,9H2,2H3,(H,16,17,18). The van der Waals surface area contributed by atoms with E-state index in [1.54, 1.807) is 12.1 Å². The first-order valence-electron chi connectivity index (χ1n) is 5.77. The van der Waals surface area contributed by atoms with E-state index in [0.29, 0.717) is 11.0 Å². The topological polar surface area (TPSA) is 41.6 Å². The molecule has 1 aromatic heterocycles. The van der Waals surface area contributed by atoms with Crippen LogP contribution in [-0.2, 0) is 0 Å². The molecule has 5 heteroatoms. The van der Waals surface area contributed by atoms with E-state index in [4.69, 9.17) is 0 Å². The van der Waals surface area contributed by atoms with Crippen molar-refractivity contribution in [1.82, 2.24) is 15.2 Å². The fourth-order valence-electron chi connectivity index (χ4n) is 1.33. The monoisotopic (exact) mass is 275 g/mol. The maximum atomic E-state index is 12.7. The molecule has 1 aromatic carbocycles. The van der Waals surface area contributed by atoms with E-state index in [9.17, 15) is 4.39 Å². The molecule has 19 heavy (non-hydrogen) atoms. The lowest BCUT2D eigenvalue weighted by molar-refractivity contribution is 0.628. The maximum absolute atomic E-state index is 12.7. The summed E-state index contributed by atoms with van der Waals surface area (Å²) in [5.74, 6) is 1.24. The number of hydrogen-bond acceptors (Lipinski definition) is 3. The molecule has 0 bridgehead atoms. The van der Waals surface area contributed by atoms with Crippen molar-refractivity contribution >= 4 is 23.9 Å². The quantitative estimate of drug-likeness (QED) is 0.667. The van der Waals surface area contributed by atoms with Gasteiger partial charge >= 0.3 is 0 Å². The molecule has 0 fully saturated rings. The fraction of sp³-hybridized carbons (Fsp3) is 0.143. The lowest BCUT2D eigenvalue weighted by atomic mass is 10.2. The predicted molar refractivity (Wildman–Crippen MR) is 77.2 cm³/mol. The smallest absolute Gasteiger partial charge is 0.209 e. The molecule has 0 aliphatic rings. The van der Waals surface area contributed by atoms with Crippen LogP contribution in [0.4, 0.5) is 4.39 Å². The molecule has 0 saturated carbocycles. The van der Waals surface area contributed by atoms with Crippen LogP contribution in [0.15, 0.2) is 41.6 Å². The van der Waals surface area contributed by atoms with Crippen LogP contribution in [0.25, 0.3) is 12.2 Å². The molecule has 0 amide bonds. The number of halogens is 1. The van der Waals surface area contributed by atoms with Gasteiger partial charge in [-0.2, -0.15) is 0 Å². The summed E-state index contributed by atoms with van der Waals surface area (Å²) < 4.78 is 12.7. The first-order valence-corrected chi connectivity index (χ1v) is 6.75. The molecule has 0 radical (unpaired) electrons. The van der Waals surface area contributed by atoms with E-state index >= 15 is 0 Å². The Hall–Kier alpha value is -1.88. The molecule has 0 spiro atoms. The van der Waals surface area contributed by atoms with Gasteiger partial charge in [-0.15, -0.1) is 5.10 Å². The zero-order valence-corrected chi connectivity index (χ0v) is 11.4. The number of aromatic nitrogens is 3. The molecule has 0 aliphatic heterocycles. The van der Waals surface area contributed by atoms with Gasteiger partial charge in [0.1, 0.15) is 11.6 Å². The molecule has 0 aliphatic carbocycles. The minimum Gasteiger partial charge on any atom is -0.259 e. The summed E-state index contributed by atoms with van der Waals surface area (Å²) in [7, 11) is 0. The molecule has 3 nitrogen and oxygen atoms in total. The summed E-state index contributed by atoms with van der Waals surface area (Å²) in [6.07, 6.45) is 3.66. The van der Waals surface area contributed by atoms with Gasteiger partial charge in [0.05, 0.1) is 0 Å². The molecule has 0 unspecified atom stereocenters. The number of nitrogens with zero attached hydrogens (tertiary/aromatic N) is 2. The minimum atomic E-state index is -0.240. The Morgan fingerprint density at radius 1 is 1.37 bits per heavy atom. The highest BCUT2D eigenvalue weighted by molar-refractivity contribution is 7.99. The maximum Gasteiger partial charge on any atom is 0.209 e. The number of nitrogens with one attached hydrogen (secondary N) is 1. The molecular weight excluding hydrogens is 261 g/mol. The summed E-state index contributed by atoms with van der Waals surface area (Å²) >= 11 is 1.54. The SMILES string of the molecule is C=C(C)CSc1n[nH]c(C=Cc2ccc(F)cc2)n1. The molecule has 2 aromatic rings. The van der Waals surface area contributed by atoms with Gasteiger partial charge < -0.3 is 0 Å². The molecule has 2 rings (SSSR count). The van der Waals surface area contributed by atoms with Crippen molar-refractivity contribution < 1.29 is 4.39 Å². The number of rotatable bonds is 5. The van der Waals surface area contributed by atoms with Gasteiger partial charge in [-0.05, 0) is 30.7 Å². The largest absolute Gasteiger partial charge is 0.259 e. The number of benzene rings is 1. The predicted octanol–water partition coefficient (Wildman–Crippen LogP) is 3.78. The van der Waals surface area contributed by atoms with Crippen LogP contribution >= 0.6 is 11.8 Å². The number of thioether (sulfide) groups is 1. The second-order valence-electron chi connectivity index (χ2n) is 4.13. The Bertz CT molecular complexity index is 587. The van der Waals surface area contributed by atoms with Crippen LogP contribution in [0.1, 0.15) is 18.3 Å². The fourth-order valence-corrected chi connectivity index (χ4v) is 1.98. The van der Waals surface area contributed by atoms with E-state index in [-0.39, 0.29) is 5.82 Å². The summed E-state index contributed by atoms with van der Waals surface area (Å²) in [5, 5.41) is 7.62. The van der Waals surface area contributed by atoms with Gasteiger partial charge in [0, 0.05) is 5.75 Å². The normalized spacial score (nSPS) is 11.1. The van der Waals surface area contributed by atoms with Gasteiger partial charge in [-0.1, -0.05) is 42.1 Å². The molecule has 98 valence electrons. The average Bonchev–Trinajstić information content (AvgIpc) is 2.84. The summed E-state index contributed by atoms with van der Waals surface area (Å²) in [5.41, 5.74) is 1.99. The van der Waals surface area contributed by atoms with Gasteiger partial charge in [-0.3, -0.25) is 5.10 Å². The van der Waals surface area contributed by atoms with Crippen molar-refractivity contribution in [1.29, 1.82) is 0 Å². The third-order valence-corrected chi connectivity index (χ3v) is 3.31. The molecule has 1 heterocycles. The van der Waals surface area contributed by atoms with Gasteiger partial charge in [0.15, 0.2) is 0 Å². The molecule has 0 saturated heterocycles. The van der Waals surface area contributed by atoms with E-state index in [0.717, 1.165) is 16.9 Å². The zero-order chi connectivity index (χ0) is 13.7. The van der Waals surface area contributed by atoms with Crippen LogP contribution in [0.3, 0.4) is 0 Å². The van der Waals surface area contributed by atoms with E-state index < -0.39 is 0 Å². The van der Waals surface area contributed by atoms with Gasteiger partial charge in [0.2, 0.25) is 5.16 Å². The minimum absolute atomic E-state index is 0.240. The lowest BCUT2D eigenvalue weighted by Gasteiger charge is -1.93. The molecule has 1 N–H and O–H groups in total. The Labute approximate surface area is 115 Å². The first-order chi connectivity index (χ1) is 9.13. The highest BCUT2D eigenvalue weighted by atomic mass is 32.2. The van der Waals surface area contributed by atoms with Crippen LogP contribution in [0.2, 0.25) is 0 Å². The number of hydrogen-bond donors (Lipinski definition) is 1. The summed E-state index contributed by atoms with van der Waals surface area (Å²) in [6, 6.07) is 6.26.